The summed E-state index contributed by atoms with van der Waals surface area (Å²) >= 11 is 0. The van der Waals surface area contributed by atoms with E-state index in [-0.39, 0.29) is 12.5 Å². The Morgan fingerprint density at radius 3 is 2.91 bits per heavy atom. The average molecular weight is 162 g/mol. The van der Waals surface area contributed by atoms with Crippen LogP contribution in [0.2, 0.25) is 0 Å². The van der Waals surface area contributed by atoms with Crippen molar-refractivity contribution < 1.29 is 14.3 Å². The lowest BCUT2D eigenvalue weighted by molar-refractivity contribution is 0.189. The molecule has 1 heterocycles. The van der Waals surface area contributed by atoms with Crippen molar-refractivity contribution in [2.24, 2.45) is 5.92 Å². The van der Waals surface area contributed by atoms with Crippen LogP contribution in [-0.2, 0) is 0 Å². The second-order valence-electron chi connectivity index (χ2n) is 2.62. The number of hydrogen-bond donors (Lipinski definition) is 3. The molecule has 1 saturated heterocycles. The van der Waals surface area contributed by atoms with Gasteiger partial charge in [0.1, 0.15) is 6.17 Å². The Hall–Kier alpha value is -0.840. The number of amides is 1. The van der Waals surface area contributed by atoms with Crippen LogP contribution < -0.4 is 10.6 Å². The number of nitrogens with one attached hydrogen (secondary N) is 2. The summed E-state index contributed by atoms with van der Waals surface area (Å²) in [5.74, 6) is -0.203. The highest BCUT2D eigenvalue weighted by molar-refractivity contribution is 5.64. The Kier molecular flexibility index (Phi) is 2.64. The molecule has 2 atom stereocenters. The number of carboxylic acid groups (broad SMARTS) is 1. The minimum atomic E-state index is -1.09. The monoisotopic (exact) mass is 162 g/mol. The Morgan fingerprint density at radius 2 is 2.45 bits per heavy atom. The quantitative estimate of drug-likeness (QED) is 0.527. The van der Waals surface area contributed by atoms with E-state index in [1.165, 1.54) is 0 Å². The number of rotatable bonds is 2. The van der Waals surface area contributed by atoms with Crippen molar-refractivity contribution in [3.63, 3.8) is 0 Å². The molecule has 1 aliphatic heterocycles. The van der Waals surface area contributed by atoms with Crippen LogP contribution in [0, 0.1) is 5.92 Å². The lowest BCUT2D eigenvalue weighted by Gasteiger charge is -2.09. The van der Waals surface area contributed by atoms with Gasteiger partial charge in [0.25, 0.3) is 0 Å². The highest BCUT2D eigenvalue weighted by Gasteiger charge is 2.26. The number of alkyl halides is 1. The molecule has 64 valence electrons. The third kappa shape index (κ3) is 2.34. The fourth-order valence-electron chi connectivity index (χ4n) is 1.12. The Bertz CT molecular complexity index is 154. The van der Waals surface area contributed by atoms with E-state index in [1.54, 1.807) is 0 Å². The number of carbonyl (C=O) groups is 1. The van der Waals surface area contributed by atoms with Crippen molar-refractivity contribution >= 4 is 6.09 Å². The van der Waals surface area contributed by atoms with Crippen LogP contribution in [0.1, 0.15) is 0 Å². The molecule has 0 aromatic carbocycles. The summed E-state index contributed by atoms with van der Waals surface area (Å²) in [7, 11) is 0. The van der Waals surface area contributed by atoms with Gasteiger partial charge in [-0.1, -0.05) is 0 Å². The first-order valence-corrected chi connectivity index (χ1v) is 3.51. The first-order valence-electron chi connectivity index (χ1n) is 3.51. The molecule has 1 fully saturated rings. The SMILES string of the molecule is O=C(O)NC[C@@H]1CNC[C@@H]1F. The molecule has 0 saturated carbocycles. The zero-order valence-electron chi connectivity index (χ0n) is 6.01. The van der Waals surface area contributed by atoms with Crippen molar-refractivity contribution in [2.45, 2.75) is 6.17 Å². The van der Waals surface area contributed by atoms with E-state index in [4.69, 9.17) is 5.11 Å². The van der Waals surface area contributed by atoms with Gasteiger partial charge in [0, 0.05) is 25.6 Å². The van der Waals surface area contributed by atoms with Crippen LogP contribution in [0.5, 0.6) is 0 Å². The van der Waals surface area contributed by atoms with Gasteiger partial charge in [0.2, 0.25) is 0 Å². The molecule has 4 nitrogen and oxygen atoms in total. The van der Waals surface area contributed by atoms with Crippen molar-refractivity contribution in [3.8, 4) is 0 Å². The second-order valence-corrected chi connectivity index (χ2v) is 2.62. The van der Waals surface area contributed by atoms with Crippen molar-refractivity contribution in [1.82, 2.24) is 10.6 Å². The zero-order chi connectivity index (χ0) is 8.27. The van der Waals surface area contributed by atoms with Crippen LogP contribution in [0.3, 0.4) is 0 Å². The summed E-state index contributed by atoms with van der Waals surface area (Å²) in [5.41, 5.74) is 0. The smallest absolute Gasteiger partial charge is 0.404 e. The molecule has 0 radical (unpaired) electrons. The summed E-state index contributed by atoms with van der Waals surface area (Å²) < 4.78 is 12.7. The van der Waals surface area contributed by atoms with E-state index in [2.05, 4.69) is 10.6 Å². The highest BCUT2D eigenvalue weighted by atomic mass is 19.1. The molecule has 3 N–H and O–H groups in total. The third-order valence-electron chi connectivity index (χ3n) is 1.77. The summed E-state index contributed by atoms with van der Waals surface area (Å²) in [6.45, 7) is 1.09. The lowest BCUT2D eigenvalue weighted by atomic mass is 10.1. The van der Waals surface area contributed by atoms with Crippen LogP contribution in [0.4, 0.5) is 9.18 Å². The van der Waals surface area contributed by atoms with Crippen LogP contribution >= 0.6 is 0 Å². The fourth-order valence-corrected chi connectivity index (χ4v) is 1.12. The van der Waals surface area contributed by atoms with Gasteiger partial charge in [-0.15, -0.1) is 0 Å². The molecule has 0 aromatic heterocycles. The predicted molar refractivity (Wildman–Crippen MR) is 37.3 cm³/mol. The highest BCUT2D eigenvalue weighted by Crippen LogP contribution is 2.10. The summed E-state index contributed by atoms with van der Waals surface area (Å²) in [6, 6.07) is 0. The summed E-state index contributed by atoms with van der Waals surface area (Å²) in [6.07, 6.45) is -2.01. The standard InChI is InChI=1S/C6H11FN2O2/c7-5-3-8-1-4(5)2-9-6(10)11/h4-5,8-9H,1-3H2,(H,10,11)/t4-,5-/m0/s1. The summed E-state index contributed by atoms with van der Waals surface area (Å²) in [5, 5.41) is 13.2. The van der Waals surface area contributed by atoms with E-state index in [9.17, 15) is 9.18 Å². The lowest BCUT2D eigenvalue weighted by Crippen LogP contribution is -2.31. The molecular formula is C6H11FN2O2. The van der Waals surface area contributed by atoms with E-state index < -0.39 is 12.3 Å². The van der Waals surface area contributed by atoms with Crippen molar-refractivity contribution in [2.75, 3.05) is 19.6 Å². The maximum absolute atomic E-state index is 12.7. The van der Waals surface area contributed by atoms with E-state index in [0.29, 0.717) is 13.1 Å². The van der Waals surface area contributed by atoms with Gasteiger partial charge < -0.3 is 15.7 Å². The molecule has 0 spiro atoms. The Balaban J connectivity index is 2.20. The number of halogens is 1. The van der Waals surface area contributed by atoms with Gasteiger partial charge in [-0.05, 0) is 0 Å². The molecule has 1 amide bonds. The van der Waals surface area contributed by atoms with Crippen molar-refractivity contribution in [1.29, 1.82) is 0 Å². The molecule has 0 aliphatic carbocycles. The van der Waals surface area contributed by atoms with Gasteiger partial charge in [-0.2, -0.15) is 0 Å². The maximum Gasteiger partial charge on any atom is 0.404 e. The van der Waals surface area contributed by atoms with Crippen molar-refractivity contribution in [3.05, 3.63) is 0 Å². The van der Waals surface area contributed by atoms with Gasteiger partial charge in [-0.25, -0.2) is 9.18 Å². The van der Waals surface area contributed by atoms with Gasteiger partial charge >= 0.3 is 6.09 Å². The largest absolute Gasteiger partial charge is 0.465 e. The van der Waals surface area contributed by atoms with Gasteiger partial charge in [0.15, 0.2) is 0 Å². The first kappa shape index (κ1) is 8.26. The first-order chi connectivity index (χ1) is 5.20. The second kappa shape index (κ2) is 3.52. The molecule has 0 bridgehead atoms. The molecule has 0 unspecified atom stereocenters. The molecule has 1 rings (SSSR count). The predicted octanol–water partition coefficient (Wildman–Crippen LogP) is -0.188. The molecular weight excluding hydrogens is 151 g/mol. The average Bonchev–Trinajstić information content (AvgIpc) is 2.31. The fraction of sp³-hybridized carbons (Fsp3) is 0.833. The third-order valence-corrected chi connectivity index (χ3v) is 1.77. The minimum Gasteiger partial charge on any atom is -0.465 e. The molecule has 11 heavy (non-hydrogen) atoms. The van der Waals surface area contributed by atoms with Gasteiger partial charge in [-0.3, -0.25) is 0 Å². The maximum atomic E-state index is 12.7. The van der Waals surface area contributed by atoms with E-state index >= 15 is 0 Å². The topological polar surface area (TPSA) is 61.4 Å². The van der Waals surface area contributed by atoms with E-state index in [0.717, 1.165) is 0 Å². The van der Waals surface area contributed by atoms with E-state index in [1.807, 2.05) is 0 Å². The molecule has 0 aromatic rings. The summed E-state index contributed by atoms with van der Waals surface area (Å²) in [4.78, 5) is 10.0. The molecule has 1 aliphatic rings. The van der Waals surface area contributed by atoms with Crippen LogP contribution in [-0.4, -0.2) is 37.0 Å². The van der Waals surface area contributed by atoms with Crippen LogP contribution in [0.25, 0.3) is 0 Å². The Morgan fingerprint density at radius 1 is 1.73 bits per heavy atom. The normalized spacial score (nSPS) is 30.3. The van der Waals surface area contributed by atoms with Crippen LogP contribution in [0.15, 0.2) is 0 Å². The van der Waals surface area contributed by atoms with Gasteiger partial charge in [0.05, 0.1) is 0 Å². The Labute approximate surface area is 63.8 Å². The molecule has 5 heteroatoms. The zero-order valence-corrected chi connectivity index (χ0v) is 6.01. The minimum absolute atomic E-state index is 0.198. The number of hydrogen-bond acceptors (Lipinski definition) is 2.